The fourth-order valence-electron chi connectivity index (χ4n) is 1.11. The first-order valence-electron chi connectivity index (χ1n) is 4.40. The molecule has 1 rings (SSSR count). The molecule has 0 radical (unpaired) electrons. The molecule has 0 aliphatic rings. The van der Waals surface area contributed by atoms with E-state index in [9.17, 15) is 0 Å². The van der Waals surface area contributed by atoms with Gasteiger partial charge in [-0.05, 0) is 24.5 Å². The smallest absolute Gasteiger partial charge is 0.0794 e. The minimum atomic E-state index is 0.753. The van der Waals surface area contributed by atoms with E-state index in [0.717, 1.165) is 19.0 Å². The van der Waals surface area contributed by atoms with Gasteiger partial charge in [0, 0.05) is 17.6 Å². The van der Waals surface area contributed by atoms with E-state index in [-0.39, 0.29) is 0 Å². The van der Waals surface area contributed by atoms with Gasteiger partial charge in [-0.25, -0.2) is 0 Å². The van der Waals surface area contributed by atoms with Crippen molar-refractivity contribution in [3.05, 3.63) is 16.6 Å². The summed E-state index contributed by atoms with van der Waals surface area (Å²) in [5, 5.41) is 3.43. The third-order valence-electron chi connectivity index (χ3n) is 1.73. The molecule has 1 aromatic heterocycles. The zero-order valence-electron chi connectivity index (χ0n) is 8.12. The highest BCUT2D eigenvalue weighted by Gasteiger charge is 2.00. The van der Waals surface area contributed by atoms with Crippen molar-refractivity contribution < 1.29 is 0 Å². The summed E-state index contributed by atoms with van der Waals surface area (Å²) in [7, 11) is 0. The van der Waals surface area contributed by atoms with E-state index in [1.54, 1.807) is 11.3 Å². The average Bonchev–Trinajstić information content (AvgIpc) is 2.57. The molecule has 0 fully saturated rings. The topological polar surface area (TPSA) is 24.9 Å². The predicted molar refractivity (Wildman–Crippen MR) is 61.4 cm³/mol. The van der Waals surface area contributed by atoms with E-state index in [0.29, 0.717) is 0 Å². The SMILES string of the molecule is CSCC(C)CNCc1cncs1. The van der Waals surface area contributed by atoms with Crippen LogP contribution in [-0.2, 0) is 6.54 Å². The minimum absolute atomic E-state index is 0.753. The summed E-state index contributed by atoms with van der Waals surface area (Å²) in [6.45, 7) is 4.33. The zero-order chi connectivity index (χ0) is 9.52. The molecular weight excluding hydrogens is 200 g/mol. The summed E-state index contributed by atoms with van der Waals surface area (Å²) in [6.07, 6.45) is 4.08. The number of thioether (sulfide) groups is 1. The molecular formula is C9H16N2S2. The van der Waals surface area contributed by atoms with Gasteiger partial charge in [0.2, 0.25) is 0 Å². The van der Waals surface area contributed by atoms with E-state index in [4.69, 9.17) is 0 Å². The summed E-state index contributed by atoms with van der Waals surface area (Å²) in [6, 6.07) is 0. The molecule has 0 amide bonds. The van der Waals surface area contributed by atoms with Crippen molar-refractivity contribution in [2.24, 2.45) is 5.92 Å². The third kappa shape index (κ3) is 4.64. The van der Waals surface area contributed by atoms with Crippen molar-refractivity contribution in [2.75, 3.05) is 18.6 Å². The zero-order valence-corrected chi connectivity index (χ0v) is 9.75. The van der Waals surface area contributed by atoms with Crippen LogP contribution in [0.4, 0.5) is 0 Å². The Bertz CT molecular complexity index is 211. The molecule has 0 aromatic carbocycles. The molecule has 1 atom stereocenters. The lowest BCUT2D eigenvalue weighted by Gasteiger charge is -2.09. The number of rotatable bonds is 6. The highest BCUT2D eigenvalue weighted by atomic mass is 32.2. The van der Waals surface area contributed by atoms with Gasteiger partial charge >= 0.3 is 0 Å². The molecule has 0 aliphatic heterocycles. The van der Waals surface area contributed by atoms with Crippen LogP contribution in [-0.4, -0.2) is 23.5 Å². The summed E-state index contributed by atoms with van der Waals surface area (Å²) in [5.41, 5.74) is 1.88. The van der Waals surface area contributed by atoms with E-state index >= 15 is 0 Å². The lowest BCUT2D eigenvalue weighted by Crippen LogP contribution is -2.21. The molecule has 1 aromatic rings. The van der Waals surface area contributed by atoms with Gasteiger partial charge in [0.25, 0.3) is 0 Å². The Balaban J connectivity index is 2.07. The number of nitrogens with zero attached hydrogens (tertiary/aromatic N) is 1. The molecule has 0 saturated carbocycles. The van der Waals surface area contributed by atoms with Crippen LogP contribution in [0, 0.1) is 5.92 Å². The molecule has 74 valence electrons. The molecule has 4 heteroatoms. The first-order valence-corrected chi connectivity index (χ1v) is 6.67. The molecule has 0 spiro atoms. The fourth-order valence-corrected chi connectivity index (χ4v) is 2.37. The Hall–Kier alpha value is -0.0600. The van der Waals surface area contributed by atoms with Gasteiger partial charge in [0.1, 0.15) is 0 Å². The summed E-state index contributed by atoms with van der Waals surface area (Å²) in [5.74, 6) is 1.98. The largest absolute Gasteiger partial charge is 0.312 e. The van der Waals surface area contributed by atoms with Crippen molar-refractivity contribution in [3.8, 4) is 0 Å². The van der Waals surface area contributed by atoms with Crippen molar-refractivity contribution in [2.45, 2.75) is 13.5 Å². The maximum Gasteiger partial charge on any atom is 0.0794 e. The highest BCUT2D eigenvalue weighted by Crippen LogP contribution is 2.06. The average molecular weight is 216 g/mol. The lowest BCUT2D eigenvalue weighted by molar-refractivity contribution is 0.562. The van der Waals surface area contributed by atoms with Gasteiger partial charge in [-0.1, -0.05) is 6.92 Å². The molecule has 0 aliphatic carbocycles. The van der Waals surface area contributed by atoms with Gasteiger partial charge < -0.3 is 5.32 Å². The van der Waals surface area contributed by atoms with Crippen LogP contribution < -0.4 is 5.32 Å². The van der Waals surface area contributed by atoms with E-state index in [1.165, 1.54) is 10.6 Å². The first-order chi connectivity index (χ1) is 6.33. The number of thiazole rings is 1. The third-order valence-corrected chi connectivity index (χ3v) is 3.41. The molecule has 1 heterocycles. The van der Waals surface area contributed by atoms with Crippen molar-refractivity contribution >= 4 is 23.1 Å². The second-order valence-electron chi connectivity index (χ2n) is 3.16. The summed E-state index contributed by atoms with van der Waals surface area (Å²) < 4.78 is 0. The Morgan fingerprint density at radius 3 is 3.15 bits per heavy atom. The van der Waals surface area contributed by atoms with E-state index in [2.05, 4.69) is 23.5 Å². The summed E-state index contributed by atoms with van der Waals surface area (Å²) in [4.78, 5) is 5.35. The van der Waals surface area contributed by atoms with Crippen molar-refractivity contribution in [3.63, 3.8) is 0 Å². The normalized spacial score (nSPS) is 13.1. The molecule has 0 saturated heterocycles. The molecule has 1 N–H and O–H groups in total. The van der Waals surface area contributed by atoms with Gasteiger partial charge in [-0.2, -0.15) is 11.8 Å². The van der Waals surface area contributed by atoms with Crippen LogP contribution in [0.1, 0.15) is 11.8 Å². The second-order valence-corrected chi connectivity index (χ2v) is 5.04. The lowest BCUT2D eigenvalue weighted by atomic mass is 10.2. The second kappa shape index (κ2) is 6.40. The first kappa shape index (κ1) is 11.0. The number of hydrogen-bond donors (Lipinski definition) is 1. The highest BCUT2D eigenvalue weighted by molar-refractivity contribution is 7.98. The quantitative estimate of drug-likeness (QED) is 0.789. The Morgan fingerprint density at radius 2 is 2.54 bits per heavy atom. The van der Waals surface area contributed by atoms with E-state index in [1.807, 2.05) is 23.5 Å². The van der Waals surface area contributed by atoms with Crippen LogP contribution >= 0.6 is 23.1 Å². The Labute approximate surface area is 88.2 Å². The van der Waals surface area contributed by atoms with Gasteiger partial charge in [0.05, 0.1) is 5.51 Å². The molecule has 1 unspecified atom stereocenters. The Morgan fingerprint density at radius 1 is 1.69 bits per heavy atom. The number of nitrogens with one attached hydrogen (secondary N) is 1. The maximum absolute atomic E-state index is 4.03. The summed E-state index contributed by atoms with van der Waals surface area (Å²) >= 11 is 3.62. The predicted octanol–water partition coefficient (Wildman–Crippen LogP) is 2.23. The molecule has 13 heavy (non-hydrogen) atoms. The maximum atomic E-state index is 4.03. The van der Waals surface area contributed by atoms with Crippen molar-refractivity contribution in [1.82, 2.24) is 10.3 Å². The minimum Gasteiger partial charge on any atom is -0.312 e. The number of aromatic nitrogens is 1. The van der Waals surface area contributed by atoms with Crippen LogP contribution in [0.15, 0.2) is 11.7 Å². The van der Waals surface area contributed by atoms with Gasteiger partial charge in [-0.3, -0.25) is 4.98 Å². The van der Waals surface area contributed by atoms with Crippen LogP contribution in [0.5, 0.6) is 0 Å². The van der Waals surface area contributed by atoms with Crippen molar-refractivity contribution in [1.29, 1.82) is 0 Å². The number of hydrogen-bond acceptors (Lipinski definition) is 4. The van der Waals surface area contributed by atoms with Crippen LogP contribution in [0.3, 0.4) is 0 Å². The Kier molecular flexibility index (Phi) is 5.43. The van der Waals surface area contributed by atoms with Crippen LogP contribution in [0.2, 0.25) is 0 Å². The standard InChI is InChI=1S/C9H16N2S2/c1-8(6-12-2)3-10-4-9-5-11-7-13-9/h5,7-8,10H,3-4,6H2,1-2H3. The fraction of sp³-hybridized carbons (Fsp3) is 0.667. The molecule has 2 nitrogen and oxygen atoms in total. The van der Waals surface area contributed by atoms with Gasteiger partial charge in [-0.15, -0.1) is 11.3 Å². The van der Waals surface area contributed by atoms with E-state index < -0.39 is 0 Å². The van der Waals surface area contributed by atoms with Gasteiger partial charge in [0.15, 0.2) is 0 Å². The van der Waals surface area contributed by atoms with Crippen LogP contribution in [0.25, 0.3) is 0 Å². The monoisotopic (exact) mass is 216 g/mol. The molecule has 0 bridgehead atoms.